The van der Waals surface area contributed by atoms with E-state index in [1.807, 2.05) is 18.2 Å². The predicted octanol–water partition coefficient (Wildman–Crippen LogP) is 1.96. The minimum Gasteiger partial charge on any atom is -0.381 e. The topological polar surface area (TPSA) is 55.4 Å². The molecule has 1 saturated heterocycles. The zero-order valence-electron chi connectivity index (χ0n) is 12.5. The minimum atomic E-state index is -3.14. The van der Waals surface area contributed by atoms with Gasteiger partial charge in [0.2, 0.25) is 0 Å². The monoisotopic (exact) mass is 309 g/mol. The van der Waals surface area contributed by atoms with Gasteiger partial charge in [-0.15, -0.1) is 0 Å². The highest BCUT2D eigenvalue weighted by atomic mass is 32.2. The zero-order chi connectivity index (χ0) is 14.9. The van der Waals surface area contributed by atoms with Gasteiger partial charge in [0.15, 0.2) is 9.84 Å². The van der Waals surface area contributed by atoms with Crippen molar-refractivity contribution in [2.75, 3.05) is 32.1 Å². The van der Waals surface area contributed by atoms with Crippen LogP contribution < -0.4 is 5.32 Å². The minimum absolute atomic E-state index is 0.00602. The molecule has 0 amide bonds. The van der Waals surface area contributed by atoms with Crippen LogP contribution in [0.15, 0.2) is 29.2 Å². The van der Waals surface area contributed by atoms with Gasteiger partial charge in [-0.05, 0) is 36.4 Å². The quantitative estimate of drug-likeness (QED) is 0.924. The number of hydrogen-bond donors (Lipinski definition) is 1. The highest BCUT2D eigenvalue weighted by molar-refractivity contribution is 7.91. The van der Waals surface area contributed by atoms with Gasteiger partial charge >= 0.3 is 0 Å². The van der Waals surface area contributed by atoms with E-state index in [1.165, 1.54) is 0 Å². The fraction of sp³-hybridized carbons (Fsp3) is 0.625. The first-order valence-electron chi connectivity index (χ1n) is 7.69. The SMILES string of the molecule is CCNCC1(C2CS(=O)(=O)c3ccccc32)CCOCC1. The summed E-state index contributed by atoms with van der Waals surface area (Å²) < 4.78 is 30.5. The third-order valence-electron chi connectivity index (χ3n) is 4.97. The second-order valence-corrected chi connectivity index (χ2v) is 8.13. The average Bonchev–Trinajstić information content (AvgIpc) is 2.79. The van der Waals surface area contributed by atoms with Crippen LogP contribution in [-0.4, -0.2) is 40.5 Å². The summed E-state index contributed by atoms with van der Waals surface area (Å²) in [5.41, 5.74) is 1.01. The summed E-state index contributed by atoms with van der Waals surface area (Å²) in [7, 11) is -3.14. The number of nitrogens with one attached hydrogen (secondary N) is 1. The van der Waals surface area contributed by atoms with Gasteiger partial charge in [-0.1, -0.05) is 25.1 Å². The molecular weight excluding hydrogens is 286 g/mol. The van der Waals surface area contributed by atoms with E-state index in [0.29, 0.717) is 4.90 Å². The molecule has 2 aliphatic rings. The van der Waals surface area contributed by atoms with Crippen LogP contribution in [0.4, 0.5) is 0 Å². The summed E-state index contributed by atoms with van der Waals surface area (Å²) in [6.07, 6.45) is 1.85. The Morgan fingerprint density at radius 3 is 2.71 bits per heavy atom. The Balaban J connectivity index is 2.01. The lowest BCUT2D eigenvalue weighted by Crippen LogP contribution is -2.44. The molecule has 4 nitrogen and oxygen atoms in total. The molecule has 1 atom stereocenters. The fourth-order valence-corrected chi connectivity index (χ4v) is 5.76. The van der Waals surface area contributed by atoms with Gasteiger partial charge in [0.1, 0.15) is 0 Å². The first-order valence-corrected chi connectivity index (χ1v) is 9.34. The molecule has 3 rings (SSSR count). The molecule has 0 aliphatic carbocycles. The molecule has 0 spiro atoms. The van der Waals surface area contributed by atoms with E-state index in [4.69, 9.17) is 4.74 Å². The summed E-state index contributed by atoms with van der Waals surface area (Å²) in [5.74, 6) is 0.333. The van der Waals surface area contributed by atoms with E-state index in [2.05, 4.69) is 12.2 Å². The van der Waals surface area contributed by atoms with Crippen molar-refractivity contribution in [3.63, 3.8) is 0 Å². The smallest absolute Gasteiger partial charge is 0.179 e. The van der Waals surface area contributed by atoms with Crippen molar-refractivity contribution in [2.24, 2.45) is 5.41 Å². The van der Waals surface area contributed by atoms with Crippen molar-refractivity contribution in [1.82, 2.24) is 5.32 Å². The lowest BCUT2D eigenvalue weighted by Gasteiger charge is -2.42. The van der Waals surface area contributed by atoms with Gasteiger partial charge in [-0.25, -0.2) is 8.42 Å². The zero-order valence-corrected chi connectivity index (χ0v) is 13.3. The summed E-state index contributed by atoms with van der Waals surface area (Å²) >= 11 is 0. The standard InChI is InChI=1S/C16H23NO3S/c1-2-17-12-16(7-9-20-10-8-16)14-11-21(18,19)15-6-4-3-5-13(14)15/h3-6,14,17H,2,7-12H2,1H3. The van der Waals surface area contributed by atoms with Crippen molar-refractivity contribution in [3.8, 4) is 0 Å². The Hall–Kier alpha value is -0.910. The van der Waals surface area contributed by atoms with Gasteiger partial charge in [-0.3, -0.25) is 0 Å². The third kappa shape index (κ3) is 2.62. The van der Waals surface area contributed by atoms with Crippen LogP contribution in [0.3, 0.4) is 0 Å². The second-order valence-electron chi connectivity index (χ2n) is 6.13. The average molecular weight is 309 g/mol. The summed E-state index contributed by atoms with van der Waals surface area (Å²) in [6, 6.07) is 7.52. The molecule has 0 saturated carbocycles. The molecule has 1 N–H and O–H groups in total. The Bertz CT molecular complexity index is 606. The normalized spacial score (nSPS) is 26.4. The molecule has 1 fully saturated rings. The molecule has 0 aromatic heterocycles. The van der Waals surface area contributed by atoms with Gasteiger partial charge < -0.3 is 10.1 Å². The van der Waals surface area contributed by atoms with E-state index in [9.17, 15) is 8.42 Å². The number of hydrogen-bond acceptors (Lipinski definition) is 4. The van der Waals surface area contributed by atoms with Crippen LogP contribution >= 0.6 is 0 Å². The molecular formula is C16H23NO3S. The van der Waals surface area contributed by atoms with E-state index >= 15 is 0 Å². The first kappa shape index (κ1) is 15.0. The maximum absolute atomic E-state index is 12.5. The van der Waals surface area contributed by atoms with E-state index in [0.717, 1.165) is 44.7 Å². The molecule has 116 valence electrons. The van der Waals surface area contributed by atoms with Crippen molar-refractivity contribution >= 4 is 9.84 Å². The van der Waals surface area contributed by atoms with Crippen molar-refractivity contribution in [2.45, 2.75) is 30.6 Å². The van der Waals surface area contributed by atoms with E-state index in [1.54, 1.807) is 6.07 Å². The molecule has 0 radical (unpaired) electrons. The third-order valence-corrected chi connectivity index (χ3v) is 6.78. The van der Waals surface area contributed by atoms with Gasteiger partial charge in [-0.2, -0.15) is 0 Å². The van der Waals surface area contributed by atoms with Crippen LogP contribution in [0.25, 0.3) is 0 Å². The van der Waals surface area contributed by atoms with Crippen molar-refractivity contribution in [1.29, 1.82) is 0 Å². The van der Waals surface area contributed by atoms with E-state index in [-0.39, 0.29) is 17.1 Å². The molecule has 1 unspecified atom stereocenters. The van der Waals surface area contributed by atoms with Gasteiger partial charge in [0, 0.05) is 25.7 Å². The summed E-state index contributed by atoms with van der Waals surface area (Å²) in [5, 5.41) is 3.44. The lowest BCUT2D eigenvalue weighted by atomic mass is 9.68. The number of fused-ring (bicyclic) bond motifs is 1. The molecule has 1 aromatic carbocycles. The molecule has 2 aliphatic heterocycles. The summed E-state index contributed by atoms with van der Waals surface area (Å²) in [4.78, 5) is 0.539. The van der Waals surface area contributed by atoms with Crippen molar-refractivity contribution in [3.05, 3.63) is 29.8 Å². The fourth-order valence-electron chi connectivity index (χ4n) is 3.76. The molecule has 0 bridgehead atoms. The number of benzene rings is 1. The second kappa shape index (κ2) is 5.71. The number of rotatable bonds is 4. The maximum atomic E-state index is 12.5. The van der Waals surface area contributed by atoms with Gasteiger partial charge in [0.25, 0.3) is 0 Å². The number of sulfone groups is 1. The Labute approximate surface area is 126 Å². The largest absolute Gasteiger partial charge is 0.381 e. The molecule has 21 heavy (non-hydrogen) atoms. The Kier molecular flexibility index (Phi) is 4.08. The highest BCUT2D eigenvalue weighted by Gasteiger charge is 2.48. The van der Waals surface area contributed by atoms with Crippen LogP contribution in [0.5, 0.6) is 0 Å². The highest BCUT2D eigenvalue weighted by Crippen LogP contribution is 2.50. The predicted molar refractivity (Wildman–Crippen MR) is 82.3 cm³/mol. The Morgan fingerprint density at radius 2 is 2.00 bits per heavy atom. The molecule has 5 heteroatoms. The lowest BCUT2D eigenvalue weighted by molar-refractivity contribution is 0.00390. The number of ether oxygens (including phenoxy) is 1. The Morgan fingerprint density at radius 1 is 1.29 bits per heavy atom. The van der Waals surface area contributed by atoms with Crippen molar-refractivity contribution < 1.29 is 13.2 Å². The van der Waals surface area contributed by atoms with Crippen LogP contribution in [0.1, 0.15) is 31.2 Å². The first-order chi connectivity index (χ1) is 10.1. The van der Waals surface area contributed by atoms with Crippen LogP contribution in [-0.2, 0) is 14.6 Å². The van der Waals surface area contributed by atoms with E-state index < -0.39 is 9.84 Å². The van der Waals surface area contributed by atoms with Crippen LogP contribution in [0, 0.1) is 5.41 Å². The van der Waals surface area contributed by atoms with Gasteiger partial charge in [0.05, 0.1) is 10.6 Å². The summed E-state index contributed by atoms with van der Waals surface area (Å²) in [6.45, 7) is 5.31. The maximum Gasteiger partial charge on any atom is 0.179 e. The molecule has 2 heterocycles. The molecule has 1 aromatic rings. The van der Waals surface area contributed by atoms with Crippen LogP contribution in [0.2, 0.25) is 0 Å².